The Hall–Kier alpha value is -1.61. The van der Waals surface area contributed by atoms with E-state index in [4.69, 9.17) is 14.7 Å². The number of nitriles is 1. The summed E-state index contributed by atoms with van der Waals surface area (Å²) in [6.07, 6.45) is -0.528. The summed E-state index contributed by atoms with van der Waals surface area (Å²) in [6.45, 7) is 1.40. The van der Waals surface area contributed by atoms with Gasteiger partial charge in [0.1, 0.15) is 5.75 Å². The molecule has 0 bridgehead atoms. The van der Waals surface area contributed by atoms with E-state index in [1.165, 1.54) is 0 Å². The van der Waals surface area contributed by atoms with Crippen LogP contribution in [0, 0.1) is 11.3 Å². The van der Waals surface area contributed by atoms with Crippen molar-refractivity contribution in [2.24, 2.45) is 0 Å². The van der Waals surface area contributed by atoms with Crippen molar-refractivity contribution >= 4 is 0 Å². The number of benzene rings is 1. The Morgan fingerprint density at radius 1 is 1.42 bits per heavy atom. The van der Waals surface area contributed by atoms with Gasteiger partial charge in [-0.2, -0.15) is 5.26 Å². The van der Waals surface area contributed by atoms with Crippen molar-refractivity contribution in [3.63, 3.8) is 0 Å². The van der Waals surface area contributed by atoms with Crippen LogP contribution in [-0.4, -0.2) is 50.5 Å². The van der Waals surface area contributed by atoms with Gasteiger partial charge < -0.3 is 14.6 Å². The fraction of sp³-hybridized carbons (Fsp3) is 0.500. The minimum atomic E-state index is -0.528. The third-order valence-electron chi connectivity index (χ3n) is 2.73. The SMILES string of the molecule is COCC(O)CN(C)Cc1cc(C#N)ccc1OC. The van der Waals surface area contributed by atoms with Gasteiger partial charge in [-0.05, 0) is 25.2 Å². The summed E-state index contributed by atoms with van der Waals surface area (Å²) in [5.74, 6) is 0.743. The maximum Gasteiger partial charge on any atom is 0.123 e. The lowest BCUT2D eigenvalue weighted by atomic mass is 10.1. The number of hydrogen-bond acceptors (Lipinski definition) is 5. The van der Waals surface area contributed by atoms with Crippen molar-refractivity contribution < 1.29 is 14.6 Å². The zero-order valence-electron chi connectivity index (χ0n) is 11.6. The lowest BCUT2D eigenvalue weighted by molar-refractivity contribution is 0.0417. The number of nitrogens with zero attached hydrogens (tertiary/aromatic N) is 2. The summed E-state index contributed by atoms with van der Waals surface area (Å²) in [4.78, 5) is 1.96. The van der Waals surface area contributed by atoms with Crippen LogP contribution in [0.15, 0.2) is 18.2 Å². The molecule has 0 aliphatic rings. The Balaban J connectivity index is 2.72. The molecule has 0 amide bonds. The standard InChI is InChI=1S/C14H20N2O3/c1-16(9-13(17)10-18-2)8-12-6-11(7-15)4-5-14(12)19-3/h4-6,13,17H,8-10H2,1-3H3. The van der Waals surface area contributed by atoms with Crippen LogP contribution < -0.4 is 4.74 Å². The summed E-state index contributed by atoms with van der Waals surface area (Å²) < 4.78 is 10.2. The highest BCUT2D eigenvalue weighted by Crippen LogP contribution is 2.21. The van der Waals surface area contributed by atoms with Gasteiger partial charge in [0.05, 0.1) is 31.5 Å². The fourth-order valence-corrected chi connectivity index (χ4v) is 1.93. The molecule has 1 unspecified atom stereocenters. The minimum absolute atomic E-state index is 0.305. The molecule has 1 N–H and O–H groups in total. The maximum atomic E-state index is 9.67. The average molecular weight is 264 g/mol. The summed E-state index contributed by atoms with van der Waals surface area (Å²) in [6, 6.07) is 7.42. The minimum Gasteiger partial charge on any atom is -0.496 e. The van der Waals surface area contributed by atoms with E-state index < -0.39 is 6.10 Å². The second kappa shape index (κ2) is 7.74. The lowest BCUT2D eigenvalue weighted by Gasteiger charge is -2.21. The average Bonchev–Trinajstić information content (AvgIpc) is 2.38. The maximum absolute atomic E-state index is 9.67. The van der Waals surface area contributed by atoms with Gasteiger partial charge in [-0.3, -0.25) is 4.90 Å². The monoisotopic (exact) mass is 264 g/mol. The number of likely N-dealkylation sites (N-methyl/N-ethyl adjacent to an activating group) is 1. The van der Waals surface area contributed by atoms with Crippen LogP contribution in [0.2, 0.25) is 0 Å². The molecule has 104 valence electrons. The Labute approximate surface area is 114 Å². The number of hydrogen-bond donors (Lipinski definition) is 1. The third kappa shape index (κ3) is 4.87. The van der Waals surface area contributed by atoms with E-state index in [9.17, 15) is 5.11 Å². The van der Waals surface area contributed by atoms with Gasteiger partial charge in [-0.15, -0.1) is 0 Å². The van der Waals surface area contributed by atoms with Gasteiger partial charge in [0.25, 0.3) is 0 Å². The highest BCUT2D eigenvalue weighted by Gasteiger charge is 2.11. The molecule has 0 fully saturated rings. The first-order chi connectivity index (χ1) is 9.10. The molecule has 0 aliphatic heterocycles. The highest BCUT2D eigenvalue weighted by molar-refractivity contribution is 5.41. The predicted molar refractivity (Wildman–Crippen MR) is 71.9 cm³/mol. The molecule has 0 heterocycles. The van der Waals surface area contributed by atoms with E-state index in [1.54, 1.807) is 32.4 Å². The Morgan fingerprint density at radius 2 is 2.16 bits per heavy atom. The molecule has 19 heavy (non-hydrogen) atoms. The lowest BCUT2D eigenvalue weighted by Crippen LogP contribution is -2.31. The quantitative estimate of drug-likeness (QED) is 0.796. The van der Waals surface area contributed by atoms with E-state index in [-0.39, 0.29) is 0 Å². The molecule has 0 saturated carbocycles. The van der Waals surface area contributed by atoms with Crippen molar-refractivity contribution in [2.75, 3.05) is 34.4 Å². The predicted octanol–water partition coefficient (Wildman–Crippen LogP) is 1.01. The number of methoxy groups -OCH3 is 2. The molecule has 0 aliphatic carbocycles. The Kier molecular flexibility index (Phi) is 6.30. The molecule has 1 atom stereocenters. The van der Waals surface area contributed by atoms with Crippen LogP contribution in [-0.2, 0) is 11.3 Å². The Morgan fingerprint density at radius 3 is 2.74 bits per heavy atom. The number of ether oxygens (including phenoxy) is 2. The van der Waals surface area contributed by atoms with Gasteiger partial charge in [-0.1, -0.05) is 0 Å². The summed E-state index contributed by atoms with van der Waals surface area (Å²) in [7, 11) is 5.06. The summed E-state index contributed by atoms with van der Waals surface area (Å²) in [5, 5.41) is 18.6. The smallest absolute Gasteiger partial charge is 0.123 e. The number of aliphatic hydroxyl groups excluding tert-OH is 1. The molecule has 0 saturated heterocycles. The topological polar surface area (TPSA) is 65.7 Å². The van der Waals surface area contributed by atoms with Crippen LogP contribution in [0.5, 0.6) is 5.75 Å². The normalized spacial score (nSPS) is 12.2. The second-order valence-electron chi connectivity index (χ2n) is 4.44. The molecule has 5 nitrogen and oxygen atoms in total. The fourth-order valence-electron chi connectivity index (χ4n) is 1.93. The molecule has 0 aromatic heterocycles. The van der Waals surface area contributed by atoms with Gasteiger partial charge in [0.2, 0.25) is 0 Å². The van der Waals surface area contributed by atoms with Crippen LogP contribution in [0.1, 0.15) is 11.1 Å². The molecule has 0 spiro atoms. The molecule has 1 rings (SSSR count). The van der Waals surface area contributed by atoms with Gasteiger partial charge in [-0.25, -0.2) is 0 Å². The van der Waals surface area contributed by atoms with Gasteiger partial charge in [0, 0.05) is 25.8 Å². The van der Waals surface area contributed by atoms with Gasteiger partial charge >= 0.3 is 0 Å². The van der Waals surface area contributed by atoms with E-state index in [0.717, 1.165) is 11.3 Å². The zero-order valence-corrected chi connectivity index (χ0v) is 11.6. The summed E-state index contributed by atoms with van der Waals surface area (Å²) in [5.41, 5.74) is 1.52. The highest BCUT2D eigenvalue weighted by atomic mass is 16.5. The van der Waals surface area contributed by atoms with Crippen LogP contribution in [0.25, 0.3) is 0 Å². The van der Waals surface area contributed by atoms with Crippen molar-refractivity contribution in [1.82, 2.24) is 4.90 Å². The van der Waals surface area contributed by atoms with Crippen LogP contribution >= 0.6 is 0 Å². The molecular weight excluding hydrogens is 244 g/mol. The van der Waals surface area contributed by atoms with Crippen LogP contribution in [0.4, 0.5) is 0 Å². The van der Waals surface area contributed by atoms with Gasteiger partial charge in [0.15, 0.2) is 0 Å². The van der Waals surface area contributed by atoms with E-state index >= 15 is 0 Å². The van der Waals surface area contributed by atoms with Crippen molar-refractivity contribution in [1.29, 1.82) is 5.26 Å². The molecule has 5 heteroatoms. The second-order valence-corrected chi connectivity index (χ2v) is 4.44. The van der Waals surface area contributed by atoms with Crippen molar-refractivity contribution in [3.8, 4) is 11.8 Å². The molecule has 1 aromatic rings. The largest absolute Gasteiger partial charge is 0.496 e. The van der Waals surface area contributed by atoms with Crippen LogP contribution in [0.3, 0.4) is 0 Å². The first-order valence-corrected chi connectivity index (χ1v) is 6.03. The first-order valence-electron chi connectivity index (χ1n) is 6.03. The van der Waals surface area contributed by atoms with E-state index in [1.807, 2.05) is 11.9 Å². The number of aliphatic hydroxyl groups is 1. The van der Waals surface area contributed by atoms with Crippen molar-refractivity contribution in [2.45, 2.75) is 12.6 Å². The third-order valence-corrected chi connectivity index (χ3v) is 2.73. The first kappa shape index (κ1) is 15.4. The van der Waals surface area contributed by atoms with E-state index in [0.29, 0.717) is 25.3 Å². The summed E-state index contributed by atoms with van der Waals surface area (Å²) >= 11 is 0. The molecule has 0 radical (unpaired) electrons. The number of rotatable bonds is 7. The molecule has 1 aromatic carbocycles. The van der Waals surface area contributed by atoms with E-state index in [2.05, 4.69) is 6.07 Å². The zero-order chi connectivity index (χ0) is 14.3. The Bertz CT molecular complexity index is 443. The van der Waals surface area contributed by atoms with Crippen molar-refractivity contribution in [3.05, 3.63) is 29.3 Å². The molecular formula is C14H20N2O3.